The topological polar surface area (TPSA) is 74.6 Å². The summed E-state index contributed by atoms with van der Waals surface area (Å²) in [6, 6.07) is 0. The maximum atomic E-state index is 9.43. The van der Waals surface area contributed by atoms with Crippen LogP contribution in [-0.4, -0.2) is 50.1 Å². The van der Waals surface area contributed by atoms with Crippen LogP contribution in [0.1, 0.15) is 117 Å². The van der Waals surface area contributed by atoms with Gasteiger partial charge in [0.05, 0.1) is 0 Å². The molecule has 0 saturated carbocycles. The van der Waals surface area contributed by atoms with Crippen LogP contribution in [0, 0.1) is 0 Å². The van der Waals surface area contributed by atoms with Crippen LogP contribution in [0.3, 0.4) is 0 Å². The van der Waals surface area contributed by atoms with Gasteiger partial charge in [0.15, 0.2) is 0 Å². The molecule has 150 valence electrons. The summed E-state index contributed by atoms with van der Waals surface area (Å²) in [7, 11) is 0. The zero-order valence-electron chi connectivity index (χ0n) is 17.8. The molecule has 26 heavy (non-hydrogen) atoms. The van der Waals surface area contributed by atoms with E-state index in [2.05, 4.69) is 20.8 Å². The smallest absolute Gasteiger partial charge is 0.314 e. The van der Waals surface area contributed by atoms with Gasteiger partial charge in [-0.05, 0) is 0 Å². The second kappa shape index (κ2) is 19.7. The summed E-state index contributed by atoms with van der Waals surface area (Å²) < 4.78 is 0.732. The van der Waals surface area contributed by atoms with E-state index in [1.54, 1.807) is 0 Å². The Morgan fingerprint density at radius 2 is 1.04 bits per heavy atom. The first-order valence-corrected chi connectivity index (χ1v) is 11.7. The molecule has 0 rings (SSSR count). The second-order valence-electron chi connectivity index (χ2n) is 8.16. The molecule has 4 nitrogen and oxygen atoms in total. The van der Waals surface area contributed by atoms with E-state index in [1.165, 1.54) is 118 Å². The number of carboxylic acid groups (broad SMARTS) is 2. The number of unbranched alkanes of at least 4 members (excludes halogenated alkanes) is 10. The molecule has 0 heterocycles. The Kier molecular flexibility index (Phi) is 21.3. The SMILES string of the molecule is CCCCCCCCCCCC[C](C)([Na])CCCC.O=C(O)CC(=O)O. The maximum absolute atomic E-state index is 9.43. The van der Waals surface area contributed by atoms with Crippen LogP contribution < -0.4 is 0 Å². The van der Waals surface area contributed by atoms with Crippen molar-refractivity contribution in [2.45, 2.75) is 120 Å². The van der Waals surface area contributed by atoms with Gasteiger partial charge in [0.1, 0.15) is 6.42 Å². The van der Waals surface area contributed by atoms with Gasteiger partial charge in [-0.2, -0.15) is 0 Å². The molecule has 0 bridgehead atoms. The number of carboxylic acids is 2. The van der Waals surface area contributed by atoms with Crippen LogP contribution in [0.25, 0.3) is 0 Å². The van der Waals surface area contributed by atoms with E-state index in [-0.39, 0.29) is 0 Å². The average molecular weight is 381 g/mol. The summed E-state index contributed by atoms with van der Waals surface area (Å²) >= 11 is 1.38. The molecule has 0 spiro atoms. The van der Waals surface area contributed by atoms with Gasteiger partial charge >= 0.3 is 146 Å². The van der Waals surface area contributed by atoms with Crippen LogP contribution in [0.2, 0.25) is 2.66 Å². The van der Waals surface area contributed by atoms with Crippen molar-refractivity contribution >= 4 is 39.9 Å². The van der Waals surface area contributed by atoms with E-state index < -0.39 is 18.4 Å². The predicted octanol–water partition coefficient (Wildman–Crippen LogP) is 6.38. The predicted molar refractivity (Wildman–Crippen MR) is 110 cm³/mol. The minimum absolute atomic E-state index is 0.732. The third-order valence-corrected chi connectivity index (χ3v) is 5.72. The summed E-state index contributed by atoms with van der Waals surface area (Å²) in [6.45, 7) is 7.13. The number of aliphatic carboxylic acids is 2. The second-order valence-corrected chi connectivity index (χ2v) is 10.6. The fourth-order valence-corrected chi connectivity index (χ4v) is 3.71. The Hall–Kier alpha value is -0.0600. The molecular formula is C21H41NaO4. The summed E-state index contributed by atoms with van der Waals surface area (Å²) in [5.41, 5.74) is 0. The Bertz CT molecular complexity index is 331. The zero-order chi connectivity index (χ0) is 20.3. The summed E-state index contributed by atoms with van der Waals surface area (Å²) in [6.07, 6.45) is 19.6. The first-order chi connectivity index (χ1) is 12.2. The van der Waals surface area contributed by atoms with Crippen LogP contribution in [-0.2, 0) is 9.59 Å². The van der Waals surface area contributed by atoms with E-state index in [4.69, 9.17) is 10.2 Å². The van der Waals surface area contributed by atoms with Gasteiger partial charge in [-0.25, -0.2) is 0 Å². The standard InChI is InChI=1S/C18H37.C3H4O4.Na/c1-4-6-8-9-10-11-12-13-14-15-17-18(3)16-7-5-2;4-2(5)1-3(6)7;/h4-17H2,1-3H3;1H2,(H,4,5)(H,6,7);. The molecule has 0 aromatic rings. The minimum Gasteiger partial charge on any atom is -0.481 e. The quantitative estimate of drug-likeness (QED) is 0.185. The molecule has 0 radical (unpaired) electrons. The average Bonchev–Trinajstić information content (AvgIpc) is 2.54. The van der Waals surface area contributed by atoms with Crippen LogP contribution in [0.15, 0.2) is 0 Å². The normalized spacial score (nSPS) is 12.8. The van der Waals surface area contributed by atoms with E-state index in [9.17, 15) is 9.59 Å². The van der Waals surface area contributed by atoms with Gasteiger partial charge in [0.2, 0.25) is 0 Å². The molecule has 0 aliphatic rings. The molecule has 0 fully saturated rings. The number of rotatable bonds is 16. The van der Waals surface area contributed by atoms with Gasteiger partial charge in [-0.3, -0.25) is 9.59 Å². The number of hydrogen-bond donors (Lipinski definition) is 2. The van der Waals surface area contributed by atoms with E-state index in [0.717, 1.165) is 2.66 Å². The number of carbonyl (C=O) groups is 2. The molecule has 0 aromatic heterocycles. The van der Waals surface area contributed by atoms with Crippen molar-refractivity contribution in [1.82, 2.24) is 0 Å². The zero-order valence-corrected chi connectivity index (χ0v) is 19.8. The summed E-state index contributed by atoms with van der Waals surface area (Å²) in [4.78, 5) is 18.9. The van der Waals surface area contributed by atoms with E-state index in [0.29, 0.717) is 0 Å². The third-order valence-electron chi connectivity index (χ3n) is 4.72. The largest absolute Gasteiger partial charge is 0.481 e. The van der Waals surface area contributed by atoms with Crippen molar-refractivity contribution in [3.63, 3.8) is 0 Å². The fraction of sp³-hybridized carbons (Fsp3) is 0.905. The van der Waals surface area contributed by atoms with Gasteiger partial charge in [0.25, 0.3) is 0 Å². The molecule has 0 amide bonds. The van der Waals surface area contributed by atoms with Crippen molar-refractivity contribution in [3.05, 3.63) is 0 Å². The van der Waals surface area contributed by atoms with Gasteiger partial charge in [0, 0.05) is 0 Å². The van der Waals surface area contributed by atoms with Crippen molar-refractivity contribution in [2.75, 3.05) is 0 Å². The molecule has 2 N–H and O–H groups in total. The van der Waals surface area contributed by atoms with Crippen molar-refractivity contribution < 1.29 is 19.8 Å². The van der Waals surface area contributed by atoms with Crippen molar-refractivity contribution in [3.8, 4) is 0 Å². The summed E-state index contributed by atoms with van der Waals surface area (Å²) in [5.74, 6) is -2.62. The van der Waals surface area contributed by atoms with E-state index in [1.807, 2.05) is 0 Å². The molecule has 0 aliphatic carbocycles. The molecule has 1 atom stereocenters. The van der Waals surface area contributed by atoms with Gasteiger partial charge < -0.3 is 10.2 Å². The first-order valence-electron chi connectivity index (χ1n) is 10.7. The van der Waals surface area contributed by atoms with Crippen LogP contribution in [0.4, 0.5) is 0 Å². The molecule has 5 heteroatoms. The monoisotopic (exact) mass is 380 g/mol. The fourth-order valence-electron chi connectivity index (χ4n) is 3.00. The molecule has 1 unspecified atom stereocenters. The van der Waals surface area contributed by atoms with E-state index >= 15 is 0 Å². The Labute approximate surface area is 178 Å². The molecule has 0 aliphatic heterocycles. The molecule has 0 aromatic carbocycles. The third kappa shape index (κ3) is 26.2. The van der Waals surface area contributed by atoms with Crippen molar-refractivity contribution in [2.24, 2.45) is 0 Å². The van der Waals surface area contributed by atoms with Crippen molar-refractivity contribution in [1.29, 1.82) is 0 Å². The Morgan fingerprint density at radius 3 is 1.38 bits per heavy atom. The van der Waals surface area contributed by atoms with Crippen LogP contribution >= 0.6 is 0 Å². The van der Waals surface area contributed by atoms with Gasteiger partial charge in [-0.15, -0.1) is 0 Å². The Balaban J connectivity index is 0. The first kappa shape index (κ1) is 28.2. The minimum atomic E-state index is -1.31. The molecule has 0 saturated heterocycles. The summed E-state index contributed by atoms with van der Waals surface area (Å²) in [5, 5.41) is 15.4. The maximum Gasteiger partial charge on any atom is 0.314 e. The molecular weight excluding hydrogens is 339 g/mol. The number of hydrogen-bond acceptors (Lipinski definition) is 2. The van der Waals surface area contributed by atoms with Crippen LogP contribution in [0.5, 0.6) is 0 Å². The van der Waals surface area contributed by atoms with Gasteiger partial charge in [-0.1, -0.05) is 6.92 Å². The Morgan fingerprint density at radius 1 is 0.692 bits per heavy atom.